The van der Waals surface area contributed by atoms with E-state index in [0.717, 1.165) is 40.6 Å². The Hall–Kier alpha value is -2.29. The minimum absolute atomic E-state index is 0.122. The van der Waals surface area contributed by atoms with Gasteiger partial charge in [-0.1, -0.05) is 25.0 Å². The van der Waals surface area contributed by atoms with Crippen LogP contribution in [0.15, 0.2) is 48.5 Å². The molecule has 1 saturated carbocycles. The van der Waals surface area contributed by atoms with E-state index in [9.17, 15) is 9.59 Å². The number of ether oxygens (including phenoxy) is 2. The zero-order valence-corrected chi connectivity index (χ0v) is 20.1. The number of amides is 2. The van der Waals surface area contributed by atoms with Crippen LogP contribution in [0.2, 0.25) is 0 Å². The maximum Gasteiger partial charge on any atom is 0.261 e. The van der Waals surface area contributed by atoms with Gasteiger partial charge in [0.1, 0.15) is 17.5 Å². The molecule has 0 radical (unpaired) electrons. The van der Waals surface area contributed by atoms with Crippen LogP contribution in [-0.4, -0.2) is 42.5 Å². The van der Waals surface area contributed by atoms with Crippen LogP contribution >= 0.6 is 22.6 Å². The van der Waals surface area contributed by atoms with Crippen molar-refractivity contribution in [3.63, 3.8) is 0 Å². The highest BCUT2D eigenvalue weighted by Gasteiger charge is 2.28. The van der Waals surface area contributed by atoms with Crippen LogP contribution in [0.25, 0.3) is 0 Å². The molecule has 2 aromatic carbocycles. The molecule has 0 spiro atoms. The lowest BCUT2D eigenvalue weighted by Crippen LogP contribution is -2.50. The van der Waals surface area contributed by atoms with E-state index in [2.05, 4.69) is 27.9 Å². The fraction of sp³-hybridized carbons (Fsp3) is 0.417. The quantitative estimate of drug-likeness (QED) is 0.489. The molecule has 31 heavy (non-hydrogen) atoms. The van der Waals surface area contributed by atoms with Crippen molar-refractivity contribution in [1.29, 1.82) is 0 Å². The van der Waals surface area contributed by atoms with Gasteiger partial charge >= 0.3 is 0 Å². The van der Waals surface area contributed by atoms with Crippen LogP contribution in [0.1, 0.15) is 38.2 Å². The molecule has 0 aromatic heterocycles. The van der Waals surface area contributed by atoms with Gasteiger partial charge < -0.3 is 19.7 Å². The molecule has 0 bridgehead atoms. The van der Waals surface area contributed by atoms with E-state index in [4.69, 9.17) is 9.47 Å². The number of rotatable bonds is 9. The number of hydrogen-bond donors (Lipinski definition) is 1. The molecule has 0 aliphatic heterocycles. The van der Waals surface area contributed by atoms with Crippen molar-refractivity contribution >= 4 is 34.4 Å². The van der Waals surface area contributed by atoms with Gasteiger partial charge in [0, 0.05) is 16.2 Å². The number of methoxy groups -OCH3 is 1. The minimum Gasteiger partial charge on any atom is -0.497 e. The number of hydrogen-bond acceptors (Lipinski definition) is 4. The topological polar surface area (TPSA) is 67.9 Å². The van der Waals surface area contributed by atoms with Gasteiger partial charge in [-0.05, 0) is 84.3 Å². The summed E-state index contributed by atoms with van der Waals surface area (Å²) in [7, 11) is 1.61. The van der Waals surface area contributed by atoms with Gasteiger partial charge in [0.05, 0.1) is 7.11 Å². The summed E-state index contributed by atoms with van der Waals surface area (Å²) in [4.78, 5) is 27.6. The normalized spacial score (nSPS) is 14.7. The third-order valence-electron chi connectivity index (χ3n) is 5.56. The molecule has 1 N–H and O–H groups in total. The maximum atomic E-state index is 13.1. The Morgan fingerprint density at radius 1 is 1.06 bits per heavy atom. The predicted octanol–water partition coefficient (Wildman–Crippen LogP) is 4.15. The van der Waals surface area contributed by atoms with Crippen molar-refractivity contribution < 1.29 is 19.1 Å². The largest absolute Gasteiger partial charge is 0.497 e. The molecule has 7 heteroatoms. The summed E-state index contributed by atoms with van der Waals surface area (Å²) < 4.78 is 12.0. The molecule has 1 aliphatic carbocycles. The van der Waals surface area contributed by atoms with E-state index in [1.54, 1.807) is 18.9 Å². The summed E-state index contributed by atoms with van der Waals surface area (Å²) in [6.07, 6.45) is 4.27. The van der Waals surface area contributed by atoms with Gasteiger partial charge in [0.2, 0.25) is 5.91 Å². The number of carbonyl (C=O) groups excluding carboxylic acids is 2. The summed E-state index contributed by atoms with van der Waals surface area (Å²) in [5, 5.41) is 3.10. The van der Waals surface area contributed by atoms with E-state index in [0.29, 0.717) is 12.3 Å². The lowest BCUT2D eigenvalue weighted by molar-refractivity contribution is -0.142. The SMILES string of the molecule is COc1ccc(CN(C(=O)COc2ccc(I)cc2)C(C)C(=O)NC2CCCC2)cc1. The van der Waals surface area contributed by atoms with E-state index in [-0.39, 0.29) is 24.5 Å². The predicted molar refractivity (Wildman–Crippen MR) is 128 cm³/mol. The van der Waals surface area contributed by atoms with Crippen LogP contribution in [0.5, 0.6) is 11.5 Å². The summed E-state index contributed by atoms with van der Waals surface area (Å²) in [5.41, 5.74) is 0.920. The Morgan fingerprint density at radius 3 is 2.29 bits per heavy atom. The Balaban J connectivity index is 1.70. The third-order valence-corrected chi connectivity index (χ3v) is 6.28. The maximum absolute atomic E-state index is 13.1. The second kappa shape index (κ2) is 11.4. The molecule has 6 nitrogen and oxygen atoms in total. The third kappa shape index (κ3) is 6.85. The molecule has 1 unspecified atom stereocenters. The Bertz CT molecular complexity index is 864. The molecule has 2 amide bonds. The van der Waals surface area contributed by atoms with Crippen molar-refractivity contribution in [1.82, 2.24) is 10.2 Å². The second-order valence-corrected chi connectivity index (χ2v) is 9.02. The summed E-state index contributed by atoms with van der Waals surface area (Å²) in [6.45, 7) is 1.96. The van der Waals surface area contributed by atoms with Crippen molar-refractivity contribution in [2.75, 3.05) is 13.7 Å². The van der Waals surface area contributed by atoms with Gasteiger partial charge in [-0.15, -0.1) is 0 Å². The highest BCUT2D eigenvalue weighted by atomic mass is 127. The Labute approximate surface area is 197 Å². The summed E-state index contributed by atoms with van der Waals surface area (Å²) in [5.74, 6) is 1.02. The zero-order valence-electron chi connectivity index (χ0n) is 18.0. The molecule has 1 atom stereocenters. The first-order chi connectivity index (χ1) is 15.0. The minimum atomic E-state index is -0.601. The van der Waals surface area contributed by atoms with Crippen molar-refractivity contribution in [2.45, 2.75) is 51.2 Å². The molecule has 0 heterocycles. The second-order valence-electron chi connectivity index (χ2n) is 7.78. The molecular formula is C24H29IN2O4. The lowest BCUT2D eigenvalue weighted by atomic mass is 10.1. The average molecular weight is 536 g/mol. The molecule has 2 aromatic rings. The van der Waals surface area contributed by atoms with Gasteiger partial charge in [-0.25, -0.2) is 0 Å². The summed E-state index contributed by atoms with van der Waals surface area (Å²) >= 11 is 2.22. The van der Waals surface area contributed by atoms with E-state index in [1.165, 1.54) is 0 Å². The molecule has 1 aliphatic rings. The first-order valence-electron chi connectivity index (χ1n) is 10.6. The molecule has 166 valence electrons. The molecule has 3 rings (SSSR count). The first kappa shape index (κ1) is 23.4. The monoisotopic (exact) mass is 536 g/mol. The van der Waals surface area contributed by atoms with Gasteiger partial charge in [0.25, 0.3) is 5.91 Å². The van der Waals surface area contributed by atoms with Crippen molar-refractivity contribution in [2.24, 2.45) is 0 Å². The number of carbonyl (C=O) groups is 2. The highest BCUT2D eigenvalue weighted by molar-refractivity contribution is 14.1. The van der Waals surface area contributed by atoms with Crippen LogP contribution in [0, 0.1) is 3.57 Å². The van der Waals surface area contributed by atoms with Crippen LogP contribution in [0.4, 0.5) is 0 Å². The smallest absolute Gasteiger partial charge is 0.261 e. The van der Waals surface area contributed by atoms with Crippen molar-refractivity contribution in [3.05, 3.63) is 57.7 Å². The van der Waals surface area contributed by atoms with Crippen molar-refractivity contribution in [3.8, 4) is 11.5 Å². The Kier molecular flexibility index (Phi) is 8.57. The summed E-state index contributed by atoms with van der Waals surface area (Å²) in [6, 6.07) is 14.6. The van der Waals surface area contributed by atoms with E-state index in [1.807, 2.05) is 48.5 Å². The van der Waals surface area contributed by atoms with E-state index < -0.39 is 6.04 Å². The average Bonchev–Trinajstić information content (AvgIpc) is 3.30. The number of nitrogens with one attached hydrogen (secondary N) is 1. The number of halogens is 1. The standard InChI is InChI=1S/C24H29IN2O4/c1-17(24(29)26-20-5-3-4-6-20)27(15-18-7-11-21(30-2)12-8-18)23(28)16-31-22-13-9-19(25)10-14-22/h7-14,17,20H,3-6,15-16H2,1-2H3,(H,26,29). The van der Waals surface area contributed by atoms with Crippen LogP contribution in [0.3, 0.4) is 0 Å². The fourth-order valence-electron chi connectivity index (χ4n) is 3.66. The highest BCUT2D eigenvalue weighted by Crippen LogP contribution is 2.19. The van der Waals surface area contributed by atoms with E-state index >= 15 is 0 Å². The zero-order chi connectivity index (χ0) is 22.2. The van der Waals surface area contributed by atoms with Gasteiger partial charge in [0.15, 0.2) is 6.61 Å². The first-order valence-corrected chi connectivity index (χ1v) is 11.7. The van der Waals surface area contributed by atoms with Gasteiger partial charge in [-0.2, -0.15) is 0 Å². The number of nitrogens with zero attached hydrogens (tertiary/aromatic N) is 1. The molecular weight excluding hydrogens is 507 g/mol. The lowest BCUT2D eigenvalue weighted by Gasteiger charge is -2.29. The Morgan fingerprint density at radius 2 is 1.68 bits per heavy atom. The van der Waals surface area contributed by atoms with Crippen LogP contribution < -0.4 is 14.8 Å². The van der Waals surface area contributed by atoms with Crippen LogP contribution in [-0.2, 0) is 16.1 Å². The molecule has 1 fully saturated rings. The fourth-order valence-corrected chi connectivity index (χ4v) is 4.02. The number of benzene rings is 2. The van der Waals surface area contributed by atoms with Gasteiger partial charge in [-0.3, -0.25) is 9.59 Å². The molecule has 0 saturated heterocycles.